The summed E-state index contributed by atoms with van der Waals surface area (Å²) in [6.45, 7) is 4.11. The maximum Gasteiger partial charge on any atom is 0.251 e. The molecule has 1 fully saturated rings. The number of hydrogen-bond donors (Lipinski definition) is 1. The van der Waals surface area contributed by atoms with Crippen LogP contribution in [0.3, 0.4) is 0 Å². The Hall–Kier alpha value is -1.76. The first-order chi connectivity index (χ1) is 10.3. The zero-order valence-corrected chi connectivity index (χ0v) is 13.8. The molecule has 0 spiro atoms. The van der Waals surface area contributed by atoms with Crippen LogP contribution in [0.5, 0.6) is 11.5 Å². The van der Waals surface area contributed by atoms with Gasteiger partial charge in [-0.05, 0) is 38.5 Å². The smallest absolute Gasteiger partial charge is 0.251 e. The van der Waals surface area contributed by atoms with E-state index in [1.165, 1.54) is 7.11 Å². The fourth-order valence-electron chi connectivity index (χ4n) is 2.54. The van der Waals surface area contributed by atoms with Gasteiger partial charge in [-0.25, -0.2) is 8.42 Å². The van der Waals surface area contributed by atoms with E-state index < -0.39 is 15.4 Å². The molecule has 1 atom stereocenters. The van der Waals surface area contributed by atoms with Crippen LogP contribution in [0, 0.1) is 0 Å². The van der Waals surface area contributed by atoms with E-state index in [4.69, 9.17) is 9.47 Å². The fraction of sp³-hybridized carbons (Fsp3) is 0.533. The zero-order valence-electron chi connectivity index (χ0n) is 13.0. The molecule has 0 unspecified atom stereocenters. The van der Waals surface area contributed by atoms with Crippen molar-refractivity contribution < 1.29 is 22.7 Å². The van der Waals surface area contributed by atoms with E-state index in [1.807, 2.05) is 6.92 Å². The summed E-state index contributed by atoms with van der Waals surface area (Å²) in [6, 6.07) is 4.90. The molecule has 0 radical (unpaired) electrons. The van der Waals surface area contributed by atoms with Crippen LogP contribution in [-0.4, -0.2) is 45.1 Å². The number of ether oxygens (including phenoxy) is 2. The molecule has 7 heteroatoms. The normalized spacial score (nSPS) is 23.0. The lowest BCUT2D eigenvalue weighted by Gasteiger charge is -2.24. The number of carbonyl (C=O) groups excluding carboxylic acids is 1. The second-order valence-corrected chi connectivity index (χ2v) is 7.84. The number of sulfone groups is 1. The highest BCUT2D eigenvalue weighted by atomic mass is 32.2. The molecule has 0 saturated carbocycles. The first-order valence-electron chi connectivity index (χ1n) is 7.12. The third-order valence-electron chi connectivity index (χ3n) is 3.64. The summed E-state index contributed by atoms with van der Waals surface area (Å²) in [6.07, 6.45) is 0.426. The Morgan fingerprint density at radius 3 is 2.64 bits per heavy atom. The monoisotopic (exact) mass is 327 g/mol. The molecule has 1 aromatic carbocycles. The van der Waals surface area contributed by atoms with Crippen LogP contribution in [0.25, 0.3) is 0 Å². The van der Waals surface area contributed by atoms with Crippen LogP contribution >= 0.6 is 0 Å². The van der Waals surface area contributed by atoms with Crippen molar-refractivity contribution in [1.82, 2.24) is 5.32 Å². The van der Waals surface area contributed by atoms with Gasteiger partial charge < -0.3 is 14.8 Å². The molecule has 1 aromatic rings. The van der Waals surface area contributed by atoms with Gasteiger partial charge in [0.25, 0.3) is 5.91 Å². The number of benzene rings is 1. The van der Waals surface area contributed by atoms with Crippen LogP contribution in [0.1, 0.15) is 30.6 Å². The SMILES string of the molecule is CCOc1ccc(C(=O)N[C@]2(C)CCS(=O)(=O)C2)cc1OC. The Morgan fingerprint density at radius 2 is 2.09 bits per heavy atom. The molecule has 1 heterocycles. The van der Waals surface area contributed by atoms with Gasteiger partial charge >= 0.3 is 0 Å². The second kappa shape index (κ2) is 6.16. The lowest BCUT2D eigenvalue weighted by molar-refractivity contribution is 0.0915. The third kappa shape index (κ3) is 3.71. The Balaban J connectivity index is 2.16. The quantitative estimate of drug-likeness (QED) is 0.884. The molecule has 1 saturated heterocycles. The highest BCUT2D eigenvalue weighted by Gasteiger charge is 2.39. The number of nitrogens with one attached hydrogen (secondary N) is 1. The van der Waals surface area contributed by atoms with E-state index in [2.05, 4.69) is 5.32 Å². The van der Waals surface area contributed by atoms with E-state index >= 15 is 0 Å². The van der Waals surface area contributed by atoms with Crippen molar-refractivity contribution in [3.8, 4) is 11.5 Å². The molecule has 0 aliphatic carbocycles. The van der Waals surface area contributed by atoms with Crippen molar-refractivity contribution in [2.45, 2.75) is 25.8 Å². The molecule has 1 aliphatic heterocycles. The highest BCUT2D eigenvalue weighted by molar-refractivity contribution is 7.91. The van der Waals surface area contributed by atoms with E-state index in [0.29, 0.717) is 30.1 Å². The fourth-order valence-corrected chi connectivity index (χ4v) is 4.63. The molecule has 0 aromatic heterocycles. The predicted octanol–water partition coefficient (Wildman–Crippen LogP) is 1.40. The summed E-state index contributed by atoms with van der Waals surface area (Å²) in [4.78, 5) is 12.4. The Morgan fingerprint density at radius 1 is 1.36 bits per heavy atom. The van der Waals surface area contributed by atoms with Gasteiger partial charge in [-0.15, -0.1) is 0 Å². The molecule has 22 heavy (non-hydrogen) atoms. The second-order valence-electron chi connectivity index (χ2n) is 5.66. The average Bonchev–Trinajstić information content (AvgIpc) is 2.73. The van der Waals surface area contributed by atoms with Gasteiger partial charge in [0.05, 0.1) is 30.8 Å². The van der Waals surface area contributed by atoms with Gasteiger partial charge in [0, 0.05) is 5.56 Å². The van der Waals surface area contributed by atoms with Crippen LogP contribution in [0.4, 0.5) is 0 Å². The van der Waals surface area contributed by atoms with Crippen molar-refractivity contribution in [1.29, 1.82) is 0 Å². The zero-order chi connectivity index (χ0) is 16.4. The summed E-state index contributed by atoms with van der Waals surface area (Å²) in [5, 5.41) is 2.82. The van der Waals surface area contributed by atoms with Gasteiger partial charge in [-0.3, -0.25) is 4.79 Å². The Bertz CT molecular complexity index is 671. The Labute approximate surface area is 130 Å². The van der Waals surface area contributed by atoms with Crippen LogP contribution in [0.2, 0.25) is 0 Å². The summed E-state index contributed by atoms with van der Waals surface area (Å²) >= 11 is 0. The minimum atomic E-state index is -3.07. The van der Waals surface area contributed by atoms with Crippen molar-refractivity contribution in [3.05, 3.63) is 23.8 Å². The minimum absolute atomic E-state index is 0.0279. The largest absolute Gasteiger partial charge is 0.493 e. The topological polar surface area (TPSA) is 81.7 Å². The number of rotatable bonds is 5. The molecule has 1 amide bonds. The van der Waals surface area contributed by atoms with Gasteiger partial charge in [0.15, 0.2) is 21.3 Å². The lowest BCUT2D eigenvalue weighted by Crippen LogP contribution is -2.46. The molecule has 0 bridgehead atoms. The van der Waals surface area contributed by atoms with Crippen molar-refractivity contribution in [2.75, 3.05) is 25.2 Å². The number of amides is 1. The van der Waals surface area contributed by atoms with Gasteiger partial charge in [0.1, 0.15) is 0 Å². The predicted molar refractivity (Wildman–Crippen MR) is 83.3 cm³/mol. The van der Waals surface area contributed by atoms with Crippen molar-refractivity contribution in [2.24, 2.45) is 0 Å². The number of methoxy groups -OCH3 is 1. The van der Waals surface area contributed by atoms with Crippen molar-refractivity contribution >= 4 is 15.7 Å². The van der Waals surface area contributed by atoms with E-state index in [9.17, 15) is 13.2 Å². The number of hydrogen-bond acceptors (Lipinski definition) is 5. The Kier molecular flexibility index (Phi) is 4.65. The molecule has 6 nitrogen and oxygen atoms in total. The van der Waals surface area contributed by atoms with Gasteiger partial charge in [0.2, 0.25) is 0 Å². The van der Waals surface area contributed by atoms with Gasteiger partial charge in [-0.2, -0.15) is 0 Å². The van der Waals surface area contributed by atoms with Crippen LogP contribution in [0.15, 0.2) is 18.2 Å². The highest BCUT2D eigenvalue weighted by Crippen LogP contribution is 2.29. The van der Waals surface area contributed by atoms with Crippen LogP contribution in [-0.2, 0) is 9.84 Å². The first kappa shape index (κ1) is 16.6. The molecule has 1 N–H and O–H groups in total. The van der Waals surface area contributed by atoms with Gasteiger partial charge in [-0.1, -0.05) is 0 Å². The lowest BCUT2D eigenvalue weighted by atomic mass is 10.0. The standard InChI is InChI=1S/C15H21NO5S/c1-4-21-12-6-5-11(9-13(12)20-3)14(17)16-15(2)7-8-22(18,19)10-15/h5-6,9H,4,7-8,10H2,1-3H3,(H,16,17)/t15-/m1/s1. The summed E-state index contributed by atoms with van der Waals surface area (Å²) in [7, 11) is -1.56. The minimum Gasteiger partial charge on any atom is -0.493 e. The molecule has 1 aliphatic rings. The van der Waals surface area contributed by atoms with Crippen molar-refractivity contribution in [3.63, 3.8) is 0 Å². The third-order valence-corrected chi connectivity index (χ3v) is 5.55. The average molecular weight is 327 g/mol. The molecular formula is C15H21NO5S. The maximum absolute atomic E-state index is 12.4. The summed E-state index contributed by atoms with van der Waals surface area (Å²) in [5.74, 6) is 0.798. The van der Waals surface area contributed by atoms with E-state index in [0.717, 1.165) is 0 Å². The van der Waals surface area contributed by atoms with Crippen LogP contribution < -0.4 is 14.8 Å². The molecular weight excluding hydrogens is 306 g/mol. The summed E-state index contributed by atoms with van der Waals surface area (Å²) in [5.41, 5.74) is -0.312. The molecule has 2 rings (SSSR count). The maximum atomic E-state index is 12.4. The van der Waals surface area contributed by atoms with E-state index in [1.54, 1.807) is 25.1 Å². The van der Waals surface area contributed by atoms with E-state index in [-0.39, 0.29) is 17.4 Å². The summed E-state index contributed by atoms with van der Waals surface area (Å²) < 4.78 is 33.8. The number of carbonyl (C=O) groups is 1. The first-order valence-corrected chi connectivity index (χ1v) is 8.94. The molecule has 122 valence electrons.